The number of methoxy groups -OCH3 is 2. The second-order valence-corrected chi connectivity index (χ2v) is 5.53. The summed E-state index contributed by atoms with van der Waals surface area (Å²) in [6.07, 6.45) is 0. The van der Waals surface area contributed by atoms with Crippen LogP contribution < -0.4 is 14.8 Å². The predicted octanol–water partition coefficient (Wildman–Crippen LogP) is 3.71. The summed E-state index contributed by atoms with van der Waals surface area (Å²) in [6, 6.07) is 8.51. The lowest BCUT2D eigenvalue weighted by Gasteiger charge is -2.10. The summed E-state index contributed by atoms with van der Waals surface area (Å²) in [5.41, 5.74) is 0.554. The quantitative estimate of drug-likeness (QED) is 0.815. The smallest absolute Gasteiger partial charge is 0.234 e. The summed E-state index contributed by atoms with van der Waals surface area (Å²) in [5, 5.41) is 2.70. The molecule has 0 bridgehead atoms. The minimum atomic E-state index is -0.935. The molecule has 0 aliphatic heterocycles. The molecule has 0 aromatic heterocycles. The second kappa shape index (κ2) is 7.82. The van der Waals surface area contributed by atoms with Crippen molar-refractivity contribution in [1.29, 1.82) is 0 Å². The highest BCUT2D eigenvalue weighted by Gasteiger charge is 2.09. The molecule has 0 saturated carbocycles. The maximum Gasteiger partial charge on any atom is 0.234 e. The molecular weight excluding hydrogens is 324 g/mol. The molecule has 0 heterocycles. The SMILES string of the molecule is COc1ccc(NC(=O)CSc2ccc(F)c(F)c2)cc1OC. The van der Waals surface area contributed by atoms with E-state index in [9.17, 15) is 13.6 Å². The number of hydrogen-bond acceptors (Lipinski definition) is 4. The van der Waals surface area contributed by atoms with Crippen molar-refractivity contribution in [3.05, 3.63) is 48.0 Å². The molecule has 0 unspecified atom stereocenters. The van der Waals surface area contributed by atoms with Gasteiger partial charge in [-0.2, -0.15) is 0 Å². The molecule has 4 nitrogen and oxygen atoms in total. The van der Waals surface area contributed by atoms with Crippen molar-refractivity contribution in [2.45, 2.75) is 4.90 Å². The maximum atomic E-state index is 13.1. The molecule has 0 aliphatic rings. The summed E-state index contributed by atoms with van der Waals surface area (Å²) < 4.78 is 36.2. The van der Waals surface area contributed by atoms with Gasteiger partial charge in [-0.15, -0.1) is 11.8 Å². The normalized spacial score (nSPS) is 10.3. The number of amides is 1. The minimum absolute atomic E-state index is 0.0689. The van der Waals surface area contributed by atoms with Gasteiger partial charge in [0.15, 0.2) is 23.1 Å². The summed E-state index contributed by atoms with van der Waals surface area (Å²) >= 11 is 1.11. The molecular formula is C16H15F2NO3S. The molecule has 7 heteroatoms. The number of carbonyl (C=O) groups is 1. The first-order valence-electron chi connectivity index (χ1n) is 6.63. The van der Waals surface area contributed by atoms with Crippen molar-refractivity contribution in [2.24, 2.45) is 0 Å². The van der Waals surface area contributed by atoms with E-state index in [2.05, 4.69) is 5.32 Å². The van der Waals surface area contributed by atoms with Gasteiger partial charge in [-0.25, -0.2) is 8.78 Å². The van der Waals surface area contributed by atoms with Gasteiger partial charge in [-0.1, -0.05) is 0 Å². The van der Waals surface area contributed by atoms with E-state index in [-0.39, 0.29) is 11.7 Å². The van der Waals surface area contributed by atoms with E-state index < -0.39 is 11.6 Å². The zero-order valence-electron chi connectivity index (χ0n) is 12.6. The Morgan fingerprint density at radius 3 is 2.43 bits per heavy atom. The van der Waals surface area contributed by atoms with Crippen molar-refractivity contribution in [3.63, 3.8) is 0 Å². The van der Waals surface area contributed by atoms with E-state index >= 15 is 0 Å². The third-order valence-electron chi connectivity index (χ3n) is 2.93. The number of nitrogens with one attached hydrogen (secondary N) is 1. The van der Waals surface area contributed by atoms with Gasteiger partial charge >= 0.3 is 0 Å². The number of carbonyl (C=O) groups excluding carboxylic acids is 1. The van der Waals surface area contributed by atoms with Gasteiger partial charge in [-0.3, -0.25) is 4.79 Å². The Hall–Kier alpha value is -2.28. The summed E-state index contributed by atoms with van der Waals surface area (Å²) in [7, 11) is 3.02. The van der Waals surface area contributed by atoms with Crippen LogP contribution in [0.4, 0.5) is 14.5 Å². The van der Waals surface area contributed by atoms with Crippen LogP contribution in [0.5, 0.6) is 11.5 Å². The summed E-state index contributed by atoms with van der Waals surface area (Å²) in [4.78, 5) is 12.4. The molecule has 2 rings (SSSR count). The lowest BCUT2D eigenvalue weighted by molar-refractivity contribution is -0.113. The van der Waals surface area contributed by atoms with E-state index in [4.69, 9.17) is 9.47 Å². The van der Waals surface area contributed by atoms with Gasteiger partial charge in [0, 0.05) is 16.6 Å². The van der Waals surface area contributed by atoms with E-state index in [1.165, 1.54) is 20.3 Å². The molecule has 0 atom stereocenters. The van der Waals surface area contributed by atoms with Crippen LogP contribution in [0.25, 0.3) is 0 Å². The standard InChI is InChI=1S/C16H15F2NO3S/c1-21-14-6-3-10(7-15(14)22-2)19-16(20)9-23-11-4-5-12(17)13(18)8-11/h3-8H,9H2,1-2H3,(H,19,20). The largest absolute Gasteiger partial charge is 0.493 e. The van der Waals surface area contributed by atoms with Crippen molar-refractivity contribution in [2.75, 3.05) is 25.3 Å². The van der Waals surface area contributed by atoms with Gasteiger partial charge < -0.3 is 14.8 Å². The monoisotopic (exact) mass is 339 g/mol. The molecule has 0 aliphatic carbocycles. The number of hydrogen-bond donors (Lipinski definition) is 1. The number of thioether (sulfide) groups is 1. The predicted molar refractivity (Wildman–Crippen MR) is 85.3 cm³/mol. The molecule has 1 amide bonds. The minimum Gasteiger partial charge on any atom is -0.493 e. The van der Waals surface area contributed by atoms with Crippen LogP contribution in [0.2, 0.25) is 0 Å². The Morgan fingerprint density at radius 2 is 1.78 bits per heavy atom. The van der Waals surface area contributed by atoms with Crippen LogP contribution in [0, 0.1) is 11.6 Å². The van der Waals surface area contributed by atoms with Crippen molar-refractivity contribution in [3.8, 4) is 11.5 Å². The Balaban J connectivity index is 1.95. The van der Waals surface area contributed by atoms with E-state index in [1.54, 1.807) is 18.2 Å². The highest BCUT2D eigenvalue weighted by molar-refractivity contribution is 8.00. The zero-order chi connectivity index (χ0) is 16.8. The Morgan fingerprint density at radius 1 is 1.04 bits per heavy atom. The third kappa shape index (κ3) is 4.59. The topological polar surface area (TPSA) is 47.6 Å². The van der Waals surface area contributed by atoms with E-state index in [0.29, 0.717) is 22.1 Å². The van der Waals surface area contributed by atoms with Gasteiger partial charge in [0.2, 0.25) is 5.91 Å². The van der Waals surface area contributed by atoms with Crippen LogP contribution in [0.15, 0.2) is 41.3 Å². The van der Waals surface area contributed by atoms with E-state index in [1.807, 2.05) is 0 Å². The second-order valence-electron chi connectivity index (χ2n) is 4.48. The lowest BCUT2D eigenvalue weighted by Crippen LogP contribution is -2.14. The van der Waals surface area contributed by atoms with Crippen LogP contribution in [0.1, 0.15) is 0 Å². The fraction of sp³-hybridized carbons (Fsp3) is 0.188. The number of anilines is 1. The molecule has 0 fully saturated rings. The number of halogens is 2. The summed E-state index contributed by atoms with van der Waals surface area (Å²) in [6.45, 7) is 0. The molecule has 1 N–H and O–H groups in total. The molecule has 0 radical (unpaired) electrons. The number of benzene rings is 2. The van der Waals surface area contributed by atoms with Crippen LogP contribution in [-0.4, -0.2) is 25.9 Å². The number of rotatable bonds is 6. The fourth-order valence-electron chi connectivity index (χ4n) is 1.83. The average molecular weight is 339 g/mol. The van der Waals surface area contributed by atoms with Gasteiger partial charge in [-0.05, 0) is 30.3 Å². The molecule has 2 aromatic rings. The molecule has 0 saturated heterocycles. The van der Waals surface area contributed by atoms with Crippen molar-refractivity contribution < 1.29 is 23.0 Å². The first-order valence-corrected chi connectivity index (χ1v) is 7.61. The fourth-order valence-corrected chi connectivity index (χ4v) is 2.55. The summed E-state index contributed by atoms with van der Waals surface area (Å²) in [5.74, 6) is -0.994. The van der Waals surface area contributed by atoms with Crippen LogP contribution >= 0.6 is 11.8 Å². The van der Waals surface area contributed by atoms with Gasteiger partial charge in [0.1, 0.15) is 0 Å². The van der Waals surface area contributed by atoms with Crippen molar-refractivity contribution in [1.82, 2.24) is 0 Å². The molecule has 122 valence electrons. The third-order valence-corrected chi connectivity index (χ3v) is 3.92. The van der Waals surface area contributed by atoms with Gasteiger partial charge in [0.05, 0.1) is 20.0 Å². The Labute approximate surface area is 136 Å². The highest BCUT2D eigenvalue weighted by atomic mass is 32.2. The zero-order valence-corrected chi connectivity index (χ0v) is 13.4. The average Bonchev–Trinajstić information content (AvgIpc) is 2.55. The van der Waals surface area contributed by atoms with E-state index in [0.717, 1.165) is 23.9 Å². The molecule has 2 aromatic carbocycles. The first kappa shape index (κ1) is 17.1. The maximum absolute atomic E-state index is 13.1. The van der Waals surface area contributed by atoms with Crippen LogP contribution in [-0.2, 0) is 4.79 Å². The lowest BCUT2D eigenvalue weighted by atomic mass is 10.2. The first-order chi connectivity index (χ1) is 11.0. The van der Waals surface area contributed by atoms with Crippen LogP contribution in [0.3, 0.4) is 0 Å². The Bertz CT molecular complexity index is 710. The Kier molecular flexibility index (Phi) is 5.81. The highest BCUT2D eigenvalue weighted by Crippen LogP contribution is 2.30. The van der Waals surface area contributed by atoms with Crippen molar-refractivity contribution >= 4 is 23.4 Å². The van der Waals surface area contributed by atoms with Gasteiger partial charge in [0.25, 0.3) is 0 Å². The molecule has 23 heavy (non-hydrogen) atoms. The number of ether oxygens (including phenoxy) is 2. The molecule has 0 spiro atoms.